The van der Waals surface area contributed by atoms with Crippen molar-refractivity contribution in [1.29, 1.82) is 0 Å². The van der Waals surface area contributed by atoms with Gasteiger partial charge in [-0.3, -0.25) is 0 Å². The van der Waals surface area contributed by atoms with Crippen LogP contribution >= 0.6 is 0 Å². The zero-order valence-corrected chi connectivity index (χ0v) is 15.2. The van der Waals surface area contributed by atoms with Crippen LogP contribution in [0.4, 0.5) is 4.79 Å². The van der Waals surface area contributed by atoms with Crippen molar-refractivity contribution in [1.82, 2.24) is 10.6 Å². The molecule has 0 saturated carbocycles. The van der Waals surface area contributed by atoms with Crippen molar-refractivity contribution in [3.63, 3.8) is 0 Å². The van der Waals surface area contributed by atoms with E-state index in [0.717, 1.165) is 6.54 Å². The summed E-state index contributed by atoms with van der Waals surface area (Å²) in [5.41, 5.74) is -0.432. The summed E-state index contributed by atoms with van der Waals surface area (Å²) in [6.45, 7) is 12.1. The Labute approximate surface area is 136 Å². The van der Waals surface area contributed by atoms with Gasteiger partial charge in [-0.25, -0.2) is 4.79 Å². The van der Waals surface area contributed by atoms with Crippen LogP contribution < -0.4 is 10.6 Å². The lowest BCUT2D eigenvalue weighted by molar-refractivity contribution is 0.0510. The summed E-state index contributed by atoms with van der Waals surface area (Å²) in [4.78, 5) is 11.9. The van der Waals surface area contributed by atoms with Gasteiger partial charge in [-0.2, -0.15) is 0 Å². The molecule has 0 bridgehead atoms. The van der Waals surface area contributed by atoms with Gasteiger partial charge in [0.2, 0.25) is 0 Å². The number of alkyl carbamates (subject to hydrolysis) is 1. The van der Waals surface area contributed by atoms with Crippen molar-refractivity contribution in [2.75, 3.05) is 13.1 Å². The highest BCUT2D eigenvalue weighted by atomic mass is 16.6. The van der Waals surface area contributed by atoms with Crippen molar-refractivity contribution in [3.8, 4) is 0 Å². The van der Waals surface area contributed by atoms with Crippen LogP contribution in [-0.2, 0) is 4.74 Å². The molecule has 0 aromatic rings. The molecule has 0 unspecified atom stereocenters. The molecule has 0 spiro atoms. The van der Waals surface area contributed by atoms with E-state index >= 15 is 0 Å². The Morgan fingerprint density at radius 2 is 2.09 bits per heavy atom. The Kier molecular flexibility index (Phi) is 8.23. The molecule has 1 fully saturated rings. The van der Waals surface area contributed by atoms with Crippen LogP contribution in [0.3, 0.4) is 0 Å². The predicted molar refractivity (Wildman–Crippen MR) is 92.1 cm³/mol. The fourth-order valence-electron chi connectivity index (χ4n) is 3.33. The van der Waals surface area contributed by atoms with Crippen LogP contribution in [-0.4, -0.2) is 30.8 Å². The first-order valence-corrected chi connectivity index (χ1v) is 9.02. The fraction of sp³-hybridized carbons (Fsp3) is 0.944. The summed E-state index contributed by atoms with van der Waals surface area (Å²) in [6.07, 6.45) is 7.15. The molecule has 1 rings (SSSR count). The number of amides is 1. The number of carbonyl (C=O) groups is 1. The van der Waals surface area contributed by atoms with Crippen molar-refractivity contribution < 1.29 is 9.53 Å². The van der Waals surface area contributed by atoms with Crippen LogP contribution in [0, 0.1) is 11.8 Å². The zero-order valence-electron chi connectivity index (χ0n) is 15.2. The van der Waals surface area contributed by atoms with E-state index in [1.54, 1.807) is 0 Å². The molecule has 2 N–H and O–H groups in total. The van der Waals surface area contributed by atoms with Crippen LogP contribution in [0.1, 0.15) is 73.1 Å². The third-order valence-corrected chi connectivity index (χ3v) is 4.31. The van der Waals surface area contributed by atoms with Gasteiger partial charge in [0, 0.05) is 12.6 Å². The second-order valence-corrected chi connectivity index (χ2v) is 7.83. The molecule has 1 amide bonds. The van der Waals surface area contributed by atoms with Gasteiger partial charge < -0.3 is 15.4 Å². The summed E-state index contributed by atoms with van der Waals surface area (Å²) in [5, 5.41) is 6.63. The number of hydrogen-bond donors (Lipinski definition) is 2. The molecule has 22 heavy (non-hydrogen) atoms. The lowest BCUT2D eigenvalue weighted by Gasteiger charge is -2.33. The van der Waals surface area contributed by atoms with Gasteiger partial charge in [0.1, 0.15) is 5.60 Å². The molecule has 1 aliphatic heterocycles. The Balaban J connectivity index is 2.51. The van der Waals surface area contributed by atoms with E-state index in [1.165, 1.54) is 38.5 Å². The average molecular weight is 312 g/mol. The summed E-state index contributed by atoms with van der Waals surface area (Å²) in [5.74, 6) is 1.20. The Morgan fingerprint density at radius 1 is 1.36 bits per heavy atom. The minimum atomic E-state index is -0.432. The summed E-state index contributed by atoms with van der Waals surface area (Å²) >= 11 is 0. The molecule has 0 aromatic carbocycles. The van der Waals surface area contributed by atoms with Crippen LogP contribution in [0.5, 0.6) is 0 Å². The molecule has 0 aliphatic carbocycles. The maximum Gasteiger partial charge on any atom is 0.407 e. The minimum Gasteiger partial charge on any atom is -0.444 e. The van der Waals surface area contributed by atoms with Gasteiger partial charge in [-0.1, -0.05) is 33.1 Å². The van der Waals surface area contributed by atoms with Crippen LogP contribution in [0.2, 0.25) is 0 Å². The smallest absolute Gasteiger partial charge is 0.407 e. The van der Waals surface area contributed by atoms with Gasteiger partial charge in [0.15, 0.2) is 0 Å². The summed E-state index contributed by atoms with van der Waals surface area (Å²) < 4.78 is 5.36. The van der Waals surface area contributed by atoms with Crippen molar-refractivity contribution >= 4 is 6.09 Å². The molecule has 1 aliphatic rings. The maximum absolute atomic E-state index is 11.9. The average Bonchev–Trinajstić information content (AvgIpc) is 2.43. The number of carbonyl (C=O) groups excluding carboxylic acids is 1. The number of piperidine rings is 1. The molecule has 1 heterocycles. The standard InChI is InChI=1S/C18H36N2O2/c1-6-9-14(2)12-15(16-10-7-8-11-19-16)13-20-17(21)22-18(3,4)5/h14-16,19H,6-13H2,1-5H3,(H,20,21)/t14-,15-,16+/m0/s1. The topological polar surface area (TPSA) is 50.4 Å². The zero-order chi connectivity index (χ0) is 16.6. The quantitative estimate of drug-likeness (QED) is 0.744. The molecule has 4 nitrogen and oxygen atoms in total. The van der Waals surface area contributed by atoms with Gasteiger partial charge in [-0.05, 0) is 58.4 Å². The lowest BCUT2D eigenvalue weighted by atomic mass is 9.84. The molecule has 0 aromatic heterocycles. The summed E-state index contributed by atoms with van der Waals surface area (Å²) in [7, 11) is 0. The third-order valence-electron chi connectivity index (χ3n) is 4.31. The van der Waals surface area contributed by atoms with E-state index in [1.807, 2.05) is 20.8 Å². The van der Waals surface area contributed by atoms with Crippen LogP contribution in [0.25, 0.3) is 0 Å². The normalized spacial score (nSPS) is 22.0. The first kappa shape index (κ1) is 19.3. The number of hydrogen-bond acceptors (Lipinski definition) is 3. The number of nitrogens with one attached hydrogen (secondary N) is 2. The van der Waals surface area contributed by atoms with Gasteiger partial charge >= 0.3 is 6.09 Å². The second-order valence-electron chi connectivity index (χ2n) is 7.83. The number of rotatable bonds is 7. The van der Waals surface area contributed by atoms with Crippen molar-refractivity contribution in [3.05, 3.63) is 0 Å². The largest absolute Gasteiger partial charge is 0.444 e. The van der Waals surface area contributed by atoms with Crippen molar-refractivity contribution in [2.24, 2.45) is 11.8 Å². The molecule has 4 heteroatoms. The number of ether oxygens (including phenoxy) is 1. The van der Waals surface area contributed by atoms with Crippen LogP contribution in [0.15, 0.2) is 0 Å². The third kappa shape index (κ3) is 8.02. The molecular weight excluding hydrogens is 276 g/mol. The molecule has 1 saturated heterocycles. The maximum atomic E-state index is 11.9. The first-order chi connectivity index (χ1) is 10.3. The van der Waals surface area contributed by atoms with E-state index in [-0.39, 0.29) is 6.09 Å². The molecule has 3 atom stereocenters. The molecular formula is C18H36N2O2. The lowest BCUT2D eigenvalue weighted by Crippen LogP contribution is -2.46. The Bertz CT molecular complexity index is 320. The predicted octanol–water partition coefficient (Wildman–Crippen LogP) is 4.10. The monoisotopic (exact) mass is 312 g/mol. The summed E-state index contributed by atoms with van der Waals surface area (Å²) in [6, 6.07) is 0.531. The first-order valence-electron chi connectivity index (χ1n) is 9.02. The highest BCUT2D eigenvalue weighted by Crippen LogP contribution is 2.24. The highest BCUT2D eigenvalue weighted by molar-refractivity contribution is 5.67. The van der Waals surface area contributed by atoms with E-state index in [4.69, 9.17) is 4.74 Å². The van der Waals surface area contributed by atoms with Gasteiger partial charge in [0.25, 0.3) is 0 Å². The van der Waals surface area contributed by atoms with E-state index in [0.29, 0.717) is 24.4 Å². The fourth-order valence-corrected chi connectivity index (χ4v) is 3.33. The van der Waals surface area contributed by atoms with Gasteiger partial charge in [0.05, 0.1) is 0 Å². The second kappa shape index (κ2) is 9.39. The Morgan fingerprint density at radius 3 is 2.64 bits per heavy atom. The highest BCUT2D eigenvalue weighted by Gasteiger charge is 2.26. The van der Waals surface area contributed by atoms with Gasteiger partial charge in [-0.15, -0.1) is 0 Å². The van der Waals surface area contributed by atoms with E-state index < -0.39 is 5.60 Å². The van der Waals surface area contributed by atoms with E-state index in [9.17, 15) is 4.79 Å². The van der Waals surface area contributed by atoms with E-state index in [2.05, 4.69) is 24.5 Å². The minimum absolute atomic E-state index is 0.295. The molecule has 130 valence electrons. The Hall–Kier alpha value is -0.770. The SMILES string of the molecule is CCC[C@H](C)C[C@@H](CNC(=O)OC(C)(C)C)[C@H]1CCCCN1. The molecule has 0 radical (unpaired) electrons. The van der Waals surface area contributed by atoms with Crippen molar-refractivity contribution in [2.45, 2.75) is 84.8 Å².